The van der Waals surface area contributed by atoms with Crippen molar-refractivity contribution >= 4 is 17.7 Å². The standard InChI is InChI=1S/C21H28N2O7/c1-16(23-20(25)17-4-2-3-5-18(17)21(23)26)19(24)22-6-8-27-10-12-29-14-15-30-13-11-28-9-7-22/h2-5,16H,6-15H2,1H3/t16-/m1/s1. The lowest BCUT2D eigenvalue weighted by atomic mass is 10.1. The van der Waals surface area contributed by atoms with Gasteiger partial charge in [0.25, 0.3) is 11.8 Å². The maximum Gasteiger partial charge on any atom is 0.262 e. The Labute approximate surface area is 175 Å². The number of rotatable bonds is 2. The summed E-state index contributed by atoms with van der Waals surface area (Å²) in [4.78, 5) is 41.1. The zero-order chi connectivity index (χ0) is 21.3. The fraction of sp³-hybridized carbons (Fsp3) is 0.571. The largest absolute Gasteiger partial charge is 0.377 e. The highest BCUT2D eigenvalue weighted by Crippen LogP contribution is 2.25. The molecule has 0 saturated carbocycles. The lowest BCUT2D eigenvalue weighted by Crippen LogP contribution is -2.51. The fourth-order valence-corrected chi connectivity index (χ4v) is 3.38. The zero-order valence-electron chi connectivity index (χ0n) is 17.2. The first-order chi connectivity index (χ1) is 14.6. The molecule has 1 fully saturated rings. The van der Waals surface area contributed by atoms with Gasteiger partial charge in [0, 0.05) is 13.1 Å². The molecule has 1 aromatic carbocycles. The van der Waals surface area contributed by atoms with Crippen molar-refractivity contribution < 1.29 is 33.3 Å². The number of carbonyl (C=O) groups excluding carboxylic acids is 3. The Hall–Kier alpha value is -2.33. The molecule has 0 spiro atoms. The van der Waals surface area contributed by atoms with Crippen molar-refractivity contribution in [3.8, 4) is 0 Å². The van der Waals surface area contributed by atoms with Crippen LogP contribution in [-0.4, -0.2) is 99.5 Å². The maximum atomic E-state index is 13.1. The first-order valence-corrected chi connectivity index (χ1v) is 10.2. The van der Waals surface area contributed by atoms with Crippen LogP contribution in [0.1, 0.15) is 27.6 Å². The molecular formula is C21H28N2O7. The second-order valence-electron chi connectivity index (χ2n) is 6.98. The number of imide groups is 1. The summed E-state index contributed by atoms with van der Waals surface area (Å²) in [7, 11) is 0. The minimum atomic E-state index is -0.925. The third kappa shape index (κ3) is 5.42. The van der Waals surface area contributed by atoms with Crippen LogP contribution in [-0.2, 0) is 23.7 Å². The van der Waals surface area contributed by atoms with Crippen LogP contribution in [0.2, 0.25) is 0 Å². The number of nitrogens with zero attached hydrogens (tertiary/aromatic N) is 2. The first kappa shape index (κ1) is 22.4. The lowest BCUT2D eigenvalue weighted by Gasteiger charge is -2.29. The van der Waals surface area contributed by atoms with Gasteiger partial charge in [-0.25, -0.2) is 0 Å². The first-order valence-electron chi connectivity index (χ1n) is 10.2. The smallest absolute Gasteiger partial charge is 0.262 e. The van der Waals surface area contributed by atoms with E-state index >= 15 is 0 Å². The van der Waals surface area contributed by atoms with Gasteiger partial charge in [0.15, 0.2) is 0 Å². The van der Waals surface area contributed by atoms with Crippen molar-refractivity contribution in [2.24, 2.45) is 0 Å². The van der Waals surface area contributed by atoms with E-state index in [1.165, 1.54) is 0 Å². The number of hydrogen-bond donors (Lipinski definition) is 0. The Kier molecular flexibility index (Phi) is 8.32. The van der Waals surface area contributed by atoms with E-state index in [0.717, 1.165) is 4.90 Å². The molecule has 0 radical (unpaired) electrons. The van der Waals surface area contributed by atoms with Crippen molar-refractivity contribution in [2.45, 2.75) is 13.0 Å². The summed E-state index contributed by atoms with van der Waals surface area (Å²) in [5, 5.41) is 0. The second-order valence-corrected chi connectivity index (χ2v) is 6.98. The molecule has 3 rings (SSSR count). The van der Waals surface area contributed by atoms with Gasteiger partial charge in [-0.1, -0.05) is 12.1 Å². The van der Waals surface area contributed by atoms with Crippen LogP contribution in [0.15, 0.2) is 24.3 Å². The SMILES string of the molecule is C[C@H](C(=O)N1CCOCCOCCOCCOCC1)N1C(=O)c2ccccc2C1=O. The molecule has 9 heteroatoms. The van der Waals surface area contributed by atoms with Gasteiger partial charge in [-0.3, -0.25) is 19.3 Å². The minimum absolute atomic E-state index is 0.320. The number of carbonyl (C=O) groups is 3. The summed E-state index contributed by atoms with van der Waals surface area (Å²) in [6, 6.07) is 5.68. The Balaban J connectivity index is 1.64. The van der Waals surface area contributed by atoms with E-state index in [4.69, 9.17) is 18.9 Å². The highest BCUT2D eigenvalue weighted by molar-refractivity contribution is 6.22. The summed E-state index contributed by atoms with van der Waals surface area (Å²) < 4.78 is 21.9. The van der Waals surface area contributed by atoms with E-state index in [0.29, 0.717) is 77.1 Å². The van der Waals surface area contributed by atoms with Gasteiger partial charge in [-0.2, -0.15) is 0 Å². The number of ether oxygens (including phenoxy) is 4. The number of benzene rings is 1. The van der Waals surface area contributed by atoms with E-state index in [1.54, 1.807) is 36.1 Å². The van der Waals surface area contributed by atoms with Gasteiger partial charge in [0.2, 0.25) is 5.91 Å². The molecule has 2 heterocycles. The van der Waals surface area contributed by atoms with Crippen LogP contribution in [0.5, 0.6) is 0 Å². The summed E-state index contributed by atoms with van der Waals surface area (Å²) in [5.74, 6) is -1.22. The summed E-state index contributed by atoms with van der Waals surface area (Å²) in [6.45, 7) is 5.55. The number of amides is 3. The summed E-state index contributed by atoms with van der Waals surface area (Å²) in [5.41, 5.74) is 0.650. The minimum Gasteiger partial charge on any atom is -0.377 e. The van der Waals surface area contributed by atoms with Crippen molar-refractivity contribution in [1.82, 2.24) is 9.80 Å². The summed E-state index contributed by atoms with van der Waals surface area (Å²) in [6.07, 6.45) is 0. The molecule has 2 aliphatic rings. The molecule has 3 amide bonds. The molecule has 30 heavy (non-hydrogen) atoms. The topological polar surface area (TPSA) is 94.6 Å². The van der Waals surface area contributed by atoms with Crippen LogP contribution in [0.25, 0.3) is 0 Å². The summed E-state index contributed by atoms with van der Waals surface area (Å²) >= 11 is 0. The van der Waals surface area contributed by atoms with Crippen LogP contribution >= 0.6 is 0 Å². The van der Waals surface area contributed by atoms with Crippen LogP contribution in [0.3, 0.4) is 0 Å². The highest BCUT2D eigenvalue weighted by atomic mass is 16.6. The van der Waals surface area contributed by atoms with Gasteiger partial charge in [-0.05, 0) is 19.1 Å². The molecule has 1 atom stereocenters. The van der Waals surface area contributed by atoms with Gasteiger partial charge in [-0.15, -0.1) is 0 Å². The highest BCUT2D eigenvalue weighted by Gasteiger charge is 2.41. The van der Waals surface area contributed by atoms with E-state index in [2.05, 4.69) is 0 Å². The molecule has 0 N–H and O–H groups in total. The van der Waals surface area contributed by atoms with Crippen LogP contribution in [0, 0.1) is 0 Å². The average molecular weight is 420 g/mol. The predicted octanol–water partition coefficient (Wildman–Crippen LogP) is 0.580. The molecular weight excluding hydrogens is 392 g/mol. The zero-order valence-corrected chi connectivity index (χ0v) is 17.2. The molecule has 9 nitrogen and oxygen atoms in total. The van der Waals surface area contributed by atoms with Gasteiger partial charge in [0.05, 0.1) is 64.0 Å². The normalized spacial score (nSPS) is 21.0. The third-order valence-electron chi connectivity index (χ3n) is 5.01. The Morgan fingerprint density at radius 3 is 1.60 bits per heavy atom. The quantitative estimate of drug-likeness (QED) is 0.646. The molecule has 2 aliphatic heterocycles. The third-order valence-corrected chi connectivity index (χ3v) is 5.01. The second kappa shape index (κ2) is 11.2. The van der Waals surface area contributed by atoms with Gasteiger partial charge in [0.1, 0.15) is 6.04 Å². The van der Waals surface area contributed by atoms with Crippen molar-refractivity contribution in [1.29, 1.82) is 0 Å². The van der Waals surface area contributed by atoms with Crippen molar-refractivity contribution in [3.63, 3.8) is 0 Å². The fourth-order valence-electron chi connectivity index (χ4n) is 3.38. The Bertz CT molecular complexity index is 704. The molecule has 0 aliphatic carbocycles. The van der Waals surface area contributed by atoms with E-state index < -0.39 is 17.9 Å². The monoisotopic (exact) mass is 420 g/mol. The van der Waals surface area contributed by atoms with Crippen molar-refractivity contribution in [2.75, 3.05) is 65.9 Å². The number of hydrogen-bond acceptors (Lipinski definition) is 7. The number of fused-ring (bicyclic) bond motifs is 1. The average Bonchev–Trinajstić information content (AvgIpc) is 3.00. The van der Waals surface area contributed by atoms with Gasteiger partial charge < -0.3 is 23.8 Å². The van der Waals surface area contributed by atoms with Crippen LogP contribution in [0.4, 0.5) is 0 Å². The molecule has 0 unspecified atom stereocenters. The molecule has 1 aromatic rings. The lowest BCUT2D eigenvalue weighted by molar-refractivity contribution is -0.136. The predicted molar refractivity (Wildman–Crippen MR) is 106 cm³/mol. The van der Waals surface area contributed by atoms with Crippen molar-refractivity contribution in [3.05, 3.63) is 35.4 Å². The Morgan fingerprint density at radius 2 is 1.17 bits per heavy atom. The van der Waals surface area contributed by atoms with E-state index in [-0.39, 0.29) is 5.91 Å². The Morgan fingerprint density at radius 1 is 0.767 bits per heavy atom. The molecule has 0 aromatic heterocycles. The molecule has 0 bridgehead atoms. The van der Waals surface area contributed by atoms with E-state index in [1.807, 2.05) is 0 Å². The van der Waals surface area contributed by atoms with E-state index in [9.17, 15) is 14.4 Å². The van der Waals surface area contributed by atoms with Crippen LogP contribution < -0.4 is 0 Å². The van der Waals surface area contributed by atoms with Gasteiger partial charge >= 0.3 is 0 Å². The maximum absolute atomic E-state index is 13.1. The molecule has 1 saturated heterocycles. The molecule has 164 valence electrons.